The molecule has 2 heterocycles. The number of nitro groups is 1. The predicted octanol–water partition coefficient (Wildman–Crippen LogP) is 1.32. The number of hydrogen-bond donors (Lipinski definition) is 0. The molecule has 0 aliphatic carbocycles. The first-order chi connectivity index (χ1) is 14.4. The van der Waals surface area contributed by atoms with E-state index in [1.54, 1.807) is 12.1 Å². The monoisotopic (exact) mass is 409 g/mol. The molecule has 0 saturated carbocycles. The van der Waals surface area contributed by atoms with Crippen molar-refractivity contribution in [1.82, 2.24) is 4.90 Å². The van der Waals surface area contributed by atoms with E-state index in [2.05, 4.69) is 0 Å². The molecule has 2 aliphatic heterocycles. The van der Waals surface area contributed by atoms with Crippen molar-refractivity contribution in [2.24, 2.45) is 0 Å². The quantitative estimate of drug-likeness (QED) is 0.315. The maximum absolute atomic E-state index is 12.5. The summed E-state index contributed by atoms with van der Waals surface area (Å²) in [5, 5.41) is 11.1. The second-order valence-corrected chi connectivity index (χ2v) is 6.74. The maximum Gasteiger partial charge on any atom is 0.326 e. The molecule has 30 heavy (non-hydrogen) atoms. The molecule has 0 atom stereocenters. The van der Waals surface area contributed by atoms with Crippen molar-refractivity contribution in [3.63, 3.8) is 0 Å². The first-order valence-electron chi connectivity index (χ1n) is 9.06. The first-order valence-corrected chi connectivity index (χ1v) is 9.06. The van der Waals surface area contributed by atoms with Gasteiger partial charge in [-0.1, -0.05) is 24.3 Å². The molecule has 4 rings (SSSR count). The molecule has 152 valence electrons. The van der Waals surface area contributed by atoms with Crippen LogP contribution in [0.1, 0.15) is 26.3 Å². The van der Waals surface area contributed by atoms with Crippen LogP contribution in [-0.2, 0) is 20.7 Å². The predicted molar refractivity (Wildman–Crippen MR) is 102 cm³/mol. The highest BCUT2D eigenvalue weighted by atomic mass is 16.6. The lowest BCUT2D eigenvalue weighted by atomic mass is 10.1. The van der Waals surface area contributed by atoms with Crippen LogP contribution in [0.3, 0.4) is 0 Å². The Hall–Kier alpha value is -4.08. The fourth-order valence-corrected chi connectivity index (χ4v) is 3.60. The zero-order valence-electron chi connectivity index (χ0n) is 15.6. The van der Waals surface area contributed by atoms with Gasteiger partial charge < -0.3 is 9.64 Å². The molecule has 3 amide bonds. The van der Waals surface area contributed by atoms with Crippen molar-refractivity contribution < 1.29 is 28.8 Å². The van der Waals surface area contributed by atoms with Crippen LogP contribution in [0, 0.1) is 10.1 Å². The van der Waals surface area contributed by atoms with Gasteiger partial charge in [0.1, 0.15) is 12.1 Å². The topological polar surface area (TPSA) is 127 Å². The second kappa shape index (κ2) is 7.39. The van der Waals surface area contributed by atoms with Crippen LogP contribution < -0.4 is 4.90 Å². The standard InChI is InChI=1S/C20H15N3O7/c24-16(21-9-8-12-4-1-2-6-14(12)21)11-30-17(25)10-22-19(26)13-5-3-7-15(23(28)29)18(13)20(22)27/h1-7H,8-11H2. The lowest BCUT2D eigenvalue weighted by molar-refractivity contribution is -0.385. The summed E-state index contributed by atoms with van der Waals surface area (Å²) in [5.41, 5.74) is 0.761. The molecule has 2 aliphatic rings. The van der Waals surface area contributed by atoms with Crippen LogP contribution in [0.2, 0.25) is 0 Å². The molecule has 0 N–H and O–H groups in total. The third-order valence-corrected chi connectivity index (χ3v) is 5.01. The number of benzene rings is 2. The van der Waals surface area contributed by atoms with E-state index in [9.17, 15) is 29.3 Å². The van der Waals surface area contributed by atoms with Gasteiger partial charge in [-0.25, -0.2) is 0 Å². The Kier molecular flexibility index (Phi) is 4.74. The van der Waals surface area contributed by atoms with Crippen molar-refractivity contribution >= 4 is 35.1 Å². The van der Waals surface area contributed by atoms with Gasteiger partial charge in [0, 0.05) is 18.3 Å². The van der Waals surface area contributed by atoms with Gasteiger partial charge in [0.05, 0.1) is 10.5 Å². The number of rotatable bonds is 5. The molecule has 10 nitrogen and oxygen atoms in total. The molecule has 10 heteroatoms. The Morgan fingerprint density at radius 1 is 1.07 bits per heavy atom. The van der Waals surface area contributed by atoms with Crippen LogP contribution in [-0.4, -0.2) is 53.2 Å². The van der Waals surface area contributed by atoms with Gasteiger partial charge in [-0.2, -0.15) is 0 Å². The van der Waals surface area contributed by atoms with Crippen LogP contribution in [0.5, 0.6) is 0 Å². The Morgan fingerprint density at radius 3 is 2.60 bits per heavy atom. The van der Waals surface area contributed by atoms with Crippen LogP contribution in [0.25, 0.3) is 0 Å². The van der Waals surface area contributed by atoms with E-state index in [1.165, 1.54) is 17.0 Å². The summed E-state index contributed by atoms with van der Waals surface area (Å²) in [6.07, 6.45) is 0.698. The van der Waals surface area contributed by atoms with Crippen LogP contribution >= 0.6 is 0 Å². The molecule has 0 spiro atoms. The van der Waals surface area contributed by atoms with E-state index in [1.807, 2.05) is 12.1 Å². The van der Waals surface area contributed by atoms with Crippen LogP contribution in [0.15, 0.2) is 42.5 Å². The maximum atomic E-state index is 12.5. The summed E-state index contributed by atoms with van der Waals surface area (Å²) < 4.78 is 4.96. The van der Waals surface area contributed by atoms with E-state index in [-0.39, 0.29) is 11.1 Å². The van der Waals surface area contributed by atoms with Gasteiger partial charge in [-0.15, -0.1) is 0 Å². The van der Waals surface area contributed by atoms with E-state index >= 15 is 0 Å². The minimum atomic E-state index is -0.965. The Bertz CT molecular complexity index is 1110. The average molecular weight is 409 g/mol. The van der Waals surface area contributed by atoms with Gasteiger partial charge in [-0.05, 0) is 24.1 Å². The third kappa shape index (κ3) is 3.17. The van der Waals surface area contributed by atoms with Crippen molar-refractivity contribution in [1.29, 1.82) is 0 Å². The molecule has 0 unspecified atom stereocenters. The molecule has 0 radical (unpaired) electrons. The summed E-state index contributed by atoms with van der Waals surface area (Å²) in [7, 11) is 0. The number of carbonyl (C=O) groups excluding carboxylic acids is 4. The highest BCUT2D eigenvalue weighted by Gasteiger charge is 2.42. The fourth-order valence-electron chi connectivity index (χ4n) is 3.60. The van der Waals surface area contributed by atoms with Crippen LogP contribution in [0.4, 0.5) is 11.4 Å². The number of anilines is 1. The number of para-hydroxylation sites is 1. The van der Waals surface area contributed by atoms with Crippen molar-refractivity contribution in [3.8, 4) is 0 Å². The Morgan fingerprint density at radius 2 is 1.83 bits per heavy atom. The minimum absolute atomic E-state index is 0.147. The summed E-state index contributed by atoms with van der Waals surface area (Å²) in [6, 6.07) is 11.1. The number of imide groups is 1. The number of amides is 3. The van der Waals surface area contributed by atoms with E-state index in [0.717, 1.165) is 17.3 Å². The van der Waals surface area contributed by atoms with Gasteiger partial charge >= 0.3 is 5.97 Å². The molecule has 0 bridgehead atoms. The molecule has 2 aromatic rings. The summed E-state index contributed by atoms with van der Waals surface area (Å²) in [5.74, 6) is -3.16. The molecule has 0 saturated heterocycles. The van der Waals surface area contributed by atoms with Gasteiger partial charge in [0.2, 0.25) is 0 Å². The molecule has 0 fully saturated rings. The first kappa shape index (κ1) is 19.2. The molecular weight excluding hydrogens is 394 g/mol. The lowest BCUT2D eigenvalue weighted by Gasteiger charge is -2.18. The smallest absolute Gasteiger partial charge is 0.326 e. The fraction of sp³-hybridized carbons (Fsp3) is 0.200. The lowest BCUT2D eigenvalue weighted by Crippen LogP contribution is -2.38. The zero-order chi connectivity index (χ0) is 21.4. The van der Waals surface area contributed by atoms with E-state index in [0.29, 0.717) is 17.9 Å². The second-order valence-electron chi connectivity index (χ2n) is 6.74. The van der Waals surface area contributed by atoms with Gasteiger partial charge in [0.25, 0.3) is 23.4 Å². The number of nitro benzene ring substituents is 1. The van der Waals surface area contributed by atoms with Gasteiger partial charge in [-0.3, -0.25) is 34.2 Å². The number of carbonyl (C=O) groups is 4. The molecular formula is C20H15N3O7. The average Bonchev–Trinajstić information content (AvgIpc) is 3.27. The highest BCUT2D eigenvalue weighted by Crippen LogP contribution is 2.30. The van der Waals surface area contributed by atoms with E-state index < -0.39 is 47.5 Å². The SMILES string of the molecule is O=C(CN1C(=O)c2cccc([N+](=O)[O-])c2C1=O)OCC(=O)N1CCc2ccccc21. The Labute approximate surface area is 169 Å². The number of hydrogen-bond acceptors (Lipinski definition) is 7. The largest absolute Gasteiger partial charge is 0.454 e. The zero-order valence-corrected chi connectivity index (χ0v) is 15.6. The number of esters is 1. The normalized spacial score (nSPS) is 14.5. The number of nitrogens with zero attached hydrogens (tertiary/aromatic N) is 3. The van der Waals surface area contributed by atoms with Gasteiger partial charge in [0.15, 0.2) is 6.61 Å². The third-order valence-electron chi connectivity index (χ3n) is 5.01. The minimum Gasteiger partial charge on any atom is -0.454 e. The highest BCUT2D eigenvalue weighted by molar-refractivity contribution is 6.24. The number of ether oxygens (including phenoxy) is 1. The van der Waals surface area contributed by atoms with E-state index in [4.69, 9.17) is 4.74 Å². The van der Waals surface area contributed by atoms with Crippen molar-refractivity contribution in [2.45, 2.75) is 6.42 Å². The number of fused-ring (bicyclic) bond motifs is 2. The Balaban J connectivity index is 1.40. The van der Waals surface area contributed by atoms with Crippen molar-refractivity contribution in [2.75, 3.05) is 24.6 Å². The van der Waals surface area contributed by atoms with Crippen molar-refractivity contribution in [3.05, 3.63) is 69.3 Å². The summed E-state index contributed by atoms with van der Waals surface area (Å²) >= 11 is 0. The summed E-state index contributed by atoms with van der Waals surface area (Å²) in [6.45, 7) is -0.818. The summed E-state index contributed by atoms with van der Waals surface area (Å²) in [4.78, 5) is 61.9. The molecule has 0 aromatic heterocycles. The molecule has 2 aromatic carbocycles.